The lowest BCUT2D eigenvalue weighted by molar-refractivity contribution is -0.438. The number of ketones is 2. The van der Waals surface area contributed by atoms with Gasteiger partial charge in [-0.05, 0) is 143 Å². The third-order valence-corrected chi connectivity index (χ3v) is 21.1. The number of nitrogens with zero attached hydrogens (tertiary/aromatic N) is 2. The largest absolute Gasteiger partial charge is 0.481 e. The molecule has 0 saturated heterocycles. The summed E-state index contributed by atoms with van der Waals surface area (Å²) in [5, 5.41) is 39.0. The minimum Gasteiger partial charge on any atom is -0.481 e. The fraction of sp³-hybridized carbons (Fsp3) is 0.481. The molecule has 568 valence electrons. The smallest absolute Gasteiger partial charge is 0.326 e. The number of anilines is 1. The van der Waals surface area contributed by atoms with Gasteiger partial charge in [-0.3, -0.25) is 33.1 Å². The van der Waals surface area contributed by atoms with Gasteiger partial charge in [-0.25, -0.2) is 14.4 Å². The van der Waals surface area contributed by atoms with Crippen LogP contribution in [0.15, 0.2) is 150 Å². The lowest BCUT2D eigenvalue weighted by Gasteiger charge is -2.27. The number of carboxylic acid groups (broad SMARTS) is 3. The minimum atomic E-state index is -4.14. The van der Waals surface area contributed by atoms with Gasteiger partial charge >= 0.3 is 23.9 Å². The summed E-state index contributed by atoms with van der Waals surface area (Å²) in [6, 6.07) is 27.9. The van der Waals surface area contributed by atoms with Gasteiger partial charge in [0.05, 0.1) is 23.0 Å². The molecular formula is C79H103N6O18S2+. The van der Waals surface area contributed by atoms with E-state index in [0.717, 1.165) is 76.3 Å². The molecule has 0 saturated carbocycles. The summed E-state index contributed by atoms with van der Waals surface area (Å²) in [6.07, 6.45) is 16.1. The fourth-order valence-electron chi connectivity index (χ4n) is 13.7. The zero-order chi connectivity index (χ0) is 76.5. The number of nitrogens with one attached hydrogen (secondary N) is 4. The Morgan fingerprint density at radius 2 is 1.21 bits per heavy atom. The molecule has 0 spiro atoms. The summed E-state index contributed by atoms with van der Waals surface area (Å²) in [7, 11) is -8.29. The summed E-state index contributed by atoms with van der Waals surface area (Å²) in [4.78, 5) is 103. The molecule has 1 aliphatic carbocycles. The Kier molecular flexibility index (Phi) is 31.1. The third kappa shape index (κ3) is 25.9. The predicted molar refractivity (Wildman–Crippen MR) is 401 cm³/mol. The lowest BCUT2D eigenvalue weighted by Crippen LogP contribution is -2.46. The molecule has 0 unspecified atom stereocenters. The SMILES string of the molecule is C[C@H](CC(=O)[C@H](Cc1ccccc1)NC(=O)CCCCCCCCC(=O)CC[C@H](NC(=O)NCCCC(=O)O)C(=O)O)C(=O)N[C@@H](Cc1ccc(OC2=C(C=CC3=[N+](CCCCS(=O)(=O)O)c4ccccc4C3(C)C)CCCC2=CC=C2N(CCCCS(=O)(=O)O)c3ccccc3C2(C)C)cc1)C(=O)O. The van der Waals surface area contributed by atoms with Crippen LogP contribution in [0.2, 0.25) is 0 Å². The topological polar surface area (TPSA) is 370 Å². The van der Waals surface area contributed by atoms with Gasteiger partial charge in [-0.1, -0.05) is 131 Å². The van der Waals surface area contributed by atoms with Crippen molar-refractivity contribution in [2.75, 3.05) is 36.0 Å². The van der Waals surface area contributed by atoms with Crippen LogP contribution in [-0.2, 0) is 77.5 Å². The average molecular weight is 1490 g/mol. The Hall–Kier alpha value is -9.11. The number of allylic oxidation sites excluding steroid dienone is 7. The summed E-state index contributed by atoms with van der Waals surface area (Å²) in [5.74, 6) is -5.76. The van der Waals surface area contributed by atoms with Crippen LogP contribution in [0.1, 0.15) is 185 Å². The first-order chi connectivity index (χ1) is 49.8. The van der Waals surface area contributed by atoms with E-state index in [9.17, 15) is 74.5 Å². The predicted octanol–water partition coefficient (Wildman–Crippen LogP) is 11.6. The Labute approximate surface area is 616 Å². The van der Waals surface area contributed by atoms with Gasteiger partial charge in [0, 0.05) is 98.5 Å². The van der Waals surface area contributed by atoms with Crippen LogP contribution >= 0.6 is 0 Å². The molecule has 0 radical (unpaired) electrons. The summed E-state index contributed by atoms with van der Waals surface area (Å²) in [6.45, 7) is 11.2. The van der Waals surface area contributed by atoms with E-state index < -0.39 is 90.7 Å². The van der Waals surface area contributed by atoms with Gasteiger partial charge in [-0.15, -0.1) is 0 Å². The first-order valence-corrected chi connectivity index (χ1v) is 39.5. The van der Waals surface area contributed by atoms with Gasteiger partial charge in [0.1, 0.15) is 35.9 Å². The molecule has 2 aliphatic heterocycles. The van der Waals surface area contributed by atoms with Crippen LogP contribution in [-0.4, -0.2) is 148 Å². The monoisotopic (exact) mass is 1490 g/mol. The summed E-state index contributed by atoms with van der Waals surface area (Å²) >= 11 is 0. The number of amides is 4. The van der Waals surface area contributed by atoms with Crippen LogP contribution < -0.4 is 30.9 Å². The molecule has 0 aromatic heterocycles. The van der Waals surface area contributed by atoms with Crippen LogP contribution in [0.25, 0.3) is 0 Å². The highest BCUT2D eigenvalue weighted by molar-refractivity contribution is 7.86. The Balaban J connectivity index is 0.999. The average Bonchev–Trinajstić information content (AvgIpc) is 1.60. The Morgan fingerprint density at radius 3 is 1.88 bits per heavy atom. The second-order valence-corrected chi connectivity index (χ2v) is 31.6. The number of hydrogen-bond donors (Lipinski definition) is 9. The molecule has 2 heterocycles. The van der Waals surface area contributed by atoms with Crippen molar-refractivity contribution in [3.05, 3.63) is 172 Å². The van der Waals surface area contributed by atoms with E-state index in [1.807, 2.05) is 66.7 Å². The number of rotatable bonds is 44. The normalized spacial score (nSPS) is 16.7. The molecule has 3 aliphatic rings. The van der Waals surface area contributed by atoms with Crippen molar-refractivity contribution in [3.8, 4) is 5.75 Å². The second-order valence-electron chi connectivity index (χ2n) is 28.5. The molecule has 4 aromatic rings. The molecule has 0 fully saturated rings. The zero-order valence-corrected chi connectivity index (χ0v) is 62.4. The van der Waals surface area contributed by atoms with Crippen molar-refractivity contribution >= 4 is 84.6 Å². The standard InChI is InChI=1S/C79H102N6O18S2/c1-54(51-68(87)64(52-55-25-11-10-12-26-55)81-71(88)34-14-9-7-6-8-13-29-59(86)40-43-63(75(92)93)83-77(96)80-46-24-35-72(89)90)74(91)82-65(76(94)95)53-56-36-41-60(42-37-56)103-73-57(38-44-69-78(2,3)61-30-15-17-32-66(61)84(69)47-19-21-49-104(97,98)99)27-23-28-58(73)39-45-70-79(4,5)62-31-16-18-33-67(62)85(70)48-20-22-50-105(100,101)102/h10-12,15-18,25-26,30-33,36-39,41-42,44-45,54,63-65H,6-9,13-14,19-24,27-29,34-35,40,43,46-53H2,1-5H3,(H8-,80,81,82,83,88,89,90,91,92,93,94,95,96,97,98,99,100,101,102)/p+1/t54-,63+,64+,65+/m1/s1. The molecule has 4 amide bonds. The van der Waals surface area contributed by atoms with Crippen LogP contribution in [0.4, 0.5) is 16.2 Å². The van der Waals surface area contributed by atoms with Crippen molar-refractivity contribution in [1.82, 2.24) is 21.3 Å². The highest BCUT2D eigenvalue weighted by Gasteiger charge is 2.44. The first-order valence-electron chi connectivity index (χ1n) is 36.3. The van der Waals surface area contributed by atoms with Crippen LogP contribution in [0.3, 0.4) is 0 Å². The molecule has 26 heteroatoms. The van der Waals surface area contributed by atoms with Gasteiger partial charge in [0.25, 0.3) is 20.2 Å². The second kappa shape index (κ2) is 39.3. The van der Waals surface area contributed by atoms with Crippen LogP contribution in [0, 0.1) is 5.92 Å². The number of aliphatic carboxylic acids is 3. The lowest BCUT2D eigenvalue weighted by atomic mass is 9.81. The number of carboxylic acids is 3. The highest BCUT2D eigenvalue weighted by atomic mass is 32.2. The van der Waals surface area contributed by atoms with Gasteiger partial charge in [-0.2, -0.15) is 21.4 Å². The quantitative estimate of drug-likeness (QED) is 0.0113. The molecule has 7 rings (SSSR count). The number of ether oxygens (including phenoxy) is 1. The molecule has 4 atom stereocenters. The number of fused-ring (bicyclic) bond motifs is 2. The Morgan fingerprint density at radius 1 is 0.600 bits per heavy atom. The van der Waals surface area contributed by atoms with Crippen molar-refractivity contribution in [2.45, 2.75) is 205 Å². The third-order valence-electron chi connectivity index (χ3n) is 19.5. The van der Waals surface area contributed by atoms with E-state index in [4.69, 9.17) is 9.84 Å². The number of carbonyl (C=O) groups is 8. The van der Waals surface area contributed by atoms with Gasteiger partial charge in [0.2, 0.25) is 17.5 Å². The van der Waals surface area contributed by atoms with E-state index in [0.29, 0.717) is 75.1 Å². The summed E-state index contributed by atoms with van der Waals surface area (Å²) < 4.78 is 75.0. The highest BCUT2D eigenvalue weighted by Crippen LogP contribution is 2.48. The maximum absolute atomic E-state index is 14.1. The number of Topliss-reactive ketones (excluding diaryl/α,β-unsaturated/α-hetero) is 2. The van der Waals surface area contributed by atoms with Gasteiger partial charge in [0.15, 0.2) is 11.5 Å². The van der Waals surface area contributed by atoms with Crippen LogP contribution in [0.5, 0.6) is 5.75 Å². The summed E-state index contributed by atoms with van der Waals surface area (Å²) in [5.41, 5.74) is 8.42. The van der Waals surface area contributed by atoms with Crippen molar-refractivity contribution in [2.24, 2.45) is 5.92 Å². The molecule has 24 nitrogen and oxygen atoms in total. The van der Waals surface area contributed by atoms with E-state index in [1.165, 1.54) is 6.92 Å². The molecule has 0 bridgehead atoms. The van der Waals surface area contributed by atoms with E-state index in [1.54, 1.807) is 24.3 Å². The van der Waals surface area contributed by atoms with E-state index >= 15 is 0 Å². The Bertz CT molecular complexity index is 4140. The number of unbranched alkanes of at least 4 members (excludes halogenated alkanes) is 7. The molecule has 105 heavy (non-hydrogen) atoms. The minimum absolute atomic E-state index is 0.0433. The fourth-order valence-corrected chi connectivity index (χ4v) is 14.8. The molecule has 4 aromatic carbocycles. The number of para-hydroxylation sites is 2. The van der Waals surface area contributed by atoms with Crippen molar-refractivity contribution in [1.29, 1.82) is 0 Å². The maximum atomic E-state index is 14.1. The maximum Gasteiger partial charge on any atom is 0.326 e. The molecule has 9 N–H and O–H groups in total. The number of hydrogen-bond acceptors (Lipinski definition) is 14. The van der Waals surface area contributed by atoms with Gasteiger partial charge < -0.3 is 46.2 Å². The molecular weight excluding hydrogens is 1390 g/mol. The van der Waals surface area contributed by atoms with Crippen molar-refractivity contribution < 1.29 is 88.9 Å². The van der Waals surface area contributed by atoms with E-state index in [-0.39, 0.29) is 100 Å². The van der Waals surface area contributed by atoms with E-state index in [2.05, 4.69) is 94.9 Å². The van der Waals surface area contributed by atoms with Crippen molar-refractivity contribution in [3.63, 3.8) is 0 Å². The number of urea groups is 1. The first kappa shape index (κ1) is 83.2. The number of benzene rings is 4. The zero-order valence-electron chi connectivity index (χ0n) is 60.8. The number of carbonyl (C=O) groups excluding carboxylic acids is 5.